The third-order valence-electron chi connectivity index (χ3n) is 4.84. The highest BCUT2D eigenvalue weighted by atomic mass is 16.2. The van der Waals surface area contributed by atoms with Crippen LogP contribution < -0.4 is 16.6 Å². The largest absolute Gasteiger partial charge is 0.337 e. The van der Waals surface area contributed by atoms with Crippen LogP contribution in [0.1, 0.15) is 28.9 Å². The second kappa shape index (κ2) is 9.04. The van der Waals surface area contributed by atoms with E-state index in [-0.39, 0.29) is 24.4 Å². The molecule has 1 aromatic heterocycles. The van der Waals surface area contributed by atoms with Crippen molar-refractivity contribution in [2.24, 2.45) is 0 Å². The zero-order valence-corrected chi connectivity index (χ0v) is 16.7. The molecule has 0 saturated heterocycles. The fraction of sp³-hybridized carbons (Fsp3) is 0.182. The molecule has 8 nitrogen and oxygen atoms in total. The summed E-state index contributed by atoms with van der Waals surface area (Å²) >= 11 is 0. The molecule has 154 valence electrons. The zero-order valence-electron chi connectivity index (χ0n) is 16.7. The van der Waals surface area contributed by atoms with E-state index >= 15 is 0 Å². The second-order valence-corrected chi connectivity index (χ2v) is 6.86. The van der Waals surface area contributed by atoms with Gasteiger partial charge < -0.3 is 10.2 Å². The SMILES string of the molecule is C[C@@H](c1cccc(NC(=O)c2ccccc2)c1)N(C)C(=O)Cn1ccc(=O)[nH]c1=O. The van der Waals surface area contributed by atoms with Gasteiger partial charge in [0.15, 0.2) is 0 Å². The zero-order chi connectivity index (χ0) is 21.7. The Hall–Kier alpha value is -3.94. The molecule has 1 atom stereocenters. The number of amides is 2. The van der Waals surface area contributed by atoms with Gasteiger partial charge in [-0.25, -0.2) is 4.79 Å². The lowest BCUT2D eigenvalue weighted by molar-refractivity contribution is -0.132. The fourth-order valence-corrected chi connectivity index (χ4v) is 2.93. The number of aromatic amines is 1. The first-order valence-electron chi connectivity index (χ1n) is 9.37. The second-order valence-electron chi connectivity index (χ2n) is 6.86. The van der Waals surface area contributed by atoms with Crippen molar-refractivity contribution in [1.82, 2.24) is 14.5 Å². The van der Waals surface area contributed by atoms with Gasteiger partial charge in [-0.3, -0.25) is 23.9 Å². The van der Waals surface area contributed by atoms with Crippen LogP contribution in [0.15, 0.2) is 76.4 Å². The predicted molar refractivity (Wildman–Crippen MR) is 113 cm³/mol. The van der Waals surface area contributed by atoms with E-state index in [9.17, 15) is 19.2 Å². The predicted octanol–water partition coefficient (Wildman–Crippen LogP) is 2.01. The Morgan fingerprint density at radius 1 is 1.07 bits per heavy atom. The average molecular weight is 406 g/mol. The summed E-state index contributed by atoms with van der Waals surface area (Å²) < 4.78 is 1.14. The molecule has 1 heterocycles. The minimum atomic E-state index is -0.637. The average Bonchev–Trinajstić information content (AvgIpc) is 2.75. The Kier molecular flexibility index (Phi) is 6.26. The molecule has 0 radical (unpaired) electrons. The van der Waals surface area contributed by atoms with Crippen molar-refractivity contribution in [3.05, 3.63) is 98.8 Å². The summed E-state index contributed by atoms with van der Waals surface area (Å²) in [6.07, 6.45) is 1.29. The molecule has 0 bridgehead atoms. The van der Waals surface area contributed by atoms with Gasteiger partial charge in [0.2, 0.25) is 5.91 Å². The summed E-state index contributed by atoms with van der Waals surface area (Å²) in [5.41, 5.74) is 0.841. The van der Waals surface area contributed by atoms with Crippen LogP contribution >= 0.6 is 0 Å². The van der Waals surface area contributed by atoms with Crippen LogP contribution in [0.25, 0.3) is 0 Å². The third kappa shape index (κ3) is 4.91. The van der Waals surface area contributed by atoms with Crippen LogP contribution in [0.5, 0.6) is 0 Å². The number of anilines is 1. The summed E-state index contributed by atoms with van der Waals surface area (Å²) in [6.45, 7) is 1.66. The first-order valence-corrected chi connectivity index (χ1v) is 9.37. The van der Waals surface area contributed by atoms with Crippen LogP contribution in [0.4, 0.5) is 5.69 Å². The van der Waals surface area contributed by atoms with Crippen LogP contribution in [0.2, 0.25) is 0 Å². The van der Waals surface area contributed by atoms with Crippen LogP contribution in [0.3, 0.4) is 0 Å². The number of hydrogen-bond acceptors (Lipinski definition) is 4. The number of carbonyl (C=O) groups is 2. The van der Waals surface area contributed by atoms with E-state index in [4.69, 9.17) is 0 Å². The highest BCUT2D eigenvalue weighted by Gasteiger charge is 2.19. The number of aromatic nitrogens is 2. The van der Waals surface area contributed by atoms with Crippen molar-refractivity contribution in [1.29, 1.82) is 0 Å². The van der Waals surface area contributed by atoms with Crippen molar-refractivity contribution in [2.45, 2.75) is 19.5 Å². The maximum absolute atomic E-state index is 12.6. The van der Waals surface area contributed by atoms with E-state index in [1.165, 1.54) is 17.2 Å². The van der Waals surface area contributed by atoms with Crippen molar-refractivity contribution < 1.29 is 9.59 Å². The molecule has 0 aliphatic heterocycles. The van der Waals surface area contributed by atoms with E-state index in [0.717, 1.165) is 10.1 Å². The van der Waals surface area contributed by atoms with Gasteiger partial charge in [-0.05, 0) is 36.8 Å². The Bertz CT molecular complexity index is 1170. The Morgan fingerprint density at radius 3 is 2.50 bits per heavy atom. The maximum atomic E-state index is 12.6. The number of H-pyrrole nitrogens is 1. The molecule has 3 aromatic rings. The number of nitrogens with one attached hydrogen (secondary N) is 2. The first-order chi connectivity index (χ1) is 14.3. The molecule has 2 aromatic carbocycles. The quantitative estimate of drug-likeness (QED) is 0.653. The lowest BCUT2D eigenvalue weighted by Gasteiger charge is -2.26. The molecule has 0 fully saturated rings. The highest BCUT2D eigenvalue weighted by molar-refractivity contribution is 6.04. The van der Waals surface area contributed by atoms with E-state index < -0.39 is 11.2 Å². The smallest absolute Gasteiger partial charge is 0.328 e. The van der Waals surface area contributed by atoms with Gasteiger partial charge in [-0.2, -0.15) is 0 Å². The fourth-order valence-electron chi connectivity index (χ4n) is 2.93. The molecule has 0 spiro atoms. The topological polar surface area (TPSA) is 104 Å². The molecule has 8 heteroatoms. The summed E-state index contributed by atoms with van der Waals surface area (Å²) in [4.78, 5) is 51.6. The minimum Gasteiger partial charge on any atom is -0.337 e. The van der Waals surface area contributed by atoms with Crippen LogP contribution in [0, 0.1) is 0 Å². The summed E-state index contributed by atoms with van der Waals surface area (Å²) in [7, 11) is 1.64. The molecular weight excluding hydrogens is 384 g/mol. The van der Waals surface area contributed by atoms with Crippen molar-refractivity contribution in [2.75, 3.05) is 12.4 Å². The molecule has 30 heavy (non-hydrogen) atoms. The van der Waals surface area contributed by atoms with Gasteiger partial charge in [-0.15, -0.1) is 0 Å². The number of likely N-dealkylation sites (N-methyl/N-ethyl adjacent to an activating group) is 1. The monoisotopic (exact) mass is 406 g/mol. The summed E-state index contributed by atoms with van der Waals surface area (Å²) in [5, 5.41) is 2.85. The minimum absolute atomic E-state index is 0.194. The van der Waals surface area contributed by atoms with Crippen molar-refractivity contribution in [3.8, 4) is 0 Å². The number of nitrogens with zero attached hydrogens (tertiary/aromatic N) is 2. The third-order valence-corrected chi connectivity index (χ3v) is 4.84. The Morgan fingerprint density at radius 2 is 1.80 bits per heavy atom. The van der Waals surface area contributed by atoms with E-state index in [0.29, 0.717) is 11.3 Å². The molecule has 0 unspecified atom stereocenters. The van der Waals surface area contributed by atoms with Crippen LogP contribution in [-0.4, -0.2) is 33.3 Å². The van der Waals surface area contributed by atoms with Gasteiger partial charge in [0.05, 0.1) is 6.04 Å². The molecule has 0 aliphatic rings. The lowest BCUT2D eigenvalue weighted by atomic mass is 10.1. The van der Waals surface area contributed by atoms with Gasteiger partial charge >= 0.3 is 5.69 Å². The Balaban J connectivity index is 1.71. The van der Waals surface area contributed by atoms with E-state index in [1.54, 1.807) is 43.4 Å². The molecule has 2 amide bonds. The molecular formula is C22H22N4O4. The number of carbonyl (C=O) groups excluding carboxylic acids is 2. The van der Waals surface area contributed by atoms with Gasteiger partial charge in [0, 0.05) is 30.6 Å². The molecule has 0 aliphatic carbocycles. The summed E-state index contributed by atoms with van der Waals surface area (Å²) in [6, 6.07) is 17.0. The standard InChI is InChI=1S/C22H22N4O4/c1-15(25(2)20(28)14-26-12-11-19(27)24-22(26)30)17-9-6-10-18(13-17)23-21(29)16-7-4-3-5-8-16/h3-13,15H,14H2,1-2H3,(H,23,29)(H,24,27,30)/t15-/m0/s1. The number of rotatable bonds is 6. The number of benzene rings is 2. The lowest BCUT2D eigenvalue weighted by Crippen LogP contribution is -2.37. The van der Waals surface area contributed by atoms with Gasteiger partial charge in [0.25, 0.3) is 11.5 Å². The maximum Gasteiger partial charge on any atom is 0.328 e. The molecule has 2 N–H and O–H groups in total. The van der Waals surface area contributed by atoms with Gasteiger partial charge in [0.1, 0.15) is 6.54 Å². The van der Waals surface area contributed by atoms with Crippen LogP contribution in [-0.2, 0) is 11.3 Å². The van der Waals surface area contributed by atoms with Crippen molar-refractivity contribution >= 4 is 17.5 Å². The molecule has 0 saturated carbocycles. The first kappa shape index (κ1) is 20.8. The van der Waals surface area contributed by atoms with Gasteiger partial charge in [-0.1, -0.05) is 30.3 Å². The molecule has 3 rings (SSSR count). The number of hydrogen-bond donors (Lipinski definition) is 2. The normalized spacial score (nSPS) is 11.5. The van der Waals surface area contributed by atoms with Crippen molar-refractivity contribution in [3.63, 3.8) is 0 Å². The van der Waals surface area contributed by atoms with E-state index in [2.05, 4.69) is 10.3 Å². The Labute approximate surface area is 172 Å². The summed E-state index contributed by atoms with van der Waals surface area (Å²) in [5.74, 6) is -0.516. The van der Waals surface area contributed by atoms with E-state index in [1.807, 2.05) is 25.1 Å². The highest BCUT2D eigenvalue weighted by Crippen LogP contribution is 2.22.